The molecule has 0 aromatic heterocycles. The molecule has 15 heavy (non-hydrogen) atoms. The normalized spacial score (nSPS) is 16.5. The third-order valence-electron chi connectivity index (χ3n) is 2.72. The number of carbonyl (C=O) groups is 1. The van der Waals surface area contributed by atoms with Crippen molar-refractivity contribution < 1.29 is 9.53 Å². The van der Waals surface area contributed by atoms with Crippen molar-refractivity contribution in [1.29, 1.82) is 0 Å². The third kappa shape index (κ3) is 2.49. The lowest BCUT2D eigenvalue weighted by molar-refractivity contribution is 0.0318. The summed E-state index contributed by atoms with van der Waals surface area (Å²) in [4.78, 5) is 11.6. The predicted molar refractivity (Wildman–Crippen MR) is 58.5 cm³/mol. The predicted octanol–water partition coefficient (Wildman–Crippen LogP) is 2.37. The fourth-order valence-corrected chi connectivity index (χ4v) is 1.84. The molecule has 3 heteroatoms. The Labute approximate surface area is 89.2 Å². The van der Waals surface area contributed by atoms with Crippen molar-refractivity contribution in [2.75, 3.05) is 5.73 Å². The molecule has 1 aromatic carbocycles. The van der Waals surface area contributed by atoms with Crippen LogP contribution in [0, 0.1) is 0 Å². The maximum absolute atomic E-state index is 11.6. The van der Waals surface area contributed by atoms with Gasteiger partial charge >= 0.3 is 5.97 Å². The molecule has 1 aromatic rings. The molecule has 0 bridgehead atoms. The van der Waals surface area contributed by atoms with Gasteiger partial charge < -0.3 is 10.5 Å². The molecule has 80 valence electrons. The van der Waals surface area contributed by atoms with E-state index in [4.69, 9.17) is 10.5 Å². The summed E-state index contributed by atoms with van der Waals surface area (Å²) in [5.41, 5.74) is 6.78. The fourth-order valence-electron chi connectivity index (χ4n) is 1.84. The Morgan fingerprint density at radius 1 is 1.20 bits per heavy atom. The molecule has 0 heterocycles. The van der Waals surface area contributed by atoms with Gasteiger partial charge in [0, 0.05) is 5.69 Å². The average molecular weight is 205 g/mol. The minimum Gasteiger partial charge on any atom is -0.459 e. The standard InChI is InChI=1S/C12H15NO2/c13-10-7-5-9(6-8-10)12(14)15-11-3-1-2-4-11/h5-8,11H,1-4,13H2. The summed E-state index contributed by atoms with van der Waals surface area (Å²) >= 11 is 0. The first-order chi connectivity index (χ1) is 7.25. The molecule has 1 aliphatic rings. The number of anilines is 1. The molecule has 0 radical (unpaired) electrons. The highest BCUT2D eigenvalue weighted by molar-refractivity contribution is 5.89. The summed E-state index contributed by atoms with van der Waals surface area (Å²) in [5.74, 6) is -0.234. The monoisotopic (exact) mass is 205 g/mol. The Morgan fingerprint density at radius 3 is 2.40 bits per heavy atom. The smallest absolute Gasteiger partial charge is 0.338 e. The van der Waals surface area contributed by atoms with E-state index in [0.717, 1.165) is 12.8 Å². The minimum atomic E-state index is -0.234. The molecular weight excluding hydrogens is 190 g/mol. The topological polar surface area (TPSA) is 52.3 Å². The second-order valence-electron chi connectivity index (χ2n) is 3.93. The Morgan fingerprint density at radius 2 is 1.80 bits per heavy atom. The Bertz CT molecular complexity index is 339. The summed E-state index contributed by atoms with van der Waals surface area (Å²) in [5, 5.41) is 0. The van der Waals surface area contributed by atoms with E-state index in [-0.39, 0.29) is 12.1 Å². The summed E-state index contributed by atoms with van der Waals surface area (Å²) in [7, 11) is 0. The van der Waals surface area contributed by atoms with E-state index in [9.17, 15) is 4.79 Å². The maximum atomic E-state index is 11.6. The van der Waals surface area contributed by atoms with Crippen LogP contribution in [0.25, 0.3) is 0 Å². The van der Waals surface area contributed by atoms with Crippen LogP contribution in [0.4, 0.5) is 5.69 Å². The van der Waals surface area contributed by atoms with Gasteiger partial charge in [-0.25, -0.2) is 4.79 Å². The lowest BCUT2D eigenvalue weighted by Crippen LogP contribution is -2.14. The van der Waals surface area contributed by atoms with Gasteiger partial charge in [-0.15, -0.1) is 0 Å². The Kier molecular flexibility index (Phi) is 2.90. The van der Waals surface area contributed by atoms with Crippen molar-refractivity contribution in [3.8, 4) is 0 Å². The van der Waals surface area contributed by atoms with Gasteiger partial charge in [-0.2, -0.15) is 0 Å². The molecule has 1 aliphatic carbocycles. The molecular formula is C12H15NO2. The first-order valence-corrected chi connectivity index (χ1v) is 5.32. The van der Waals surface area contributed by atoms with Crippen LogP contribution in [0.1, 0.15) is 36.0 Å². The highest BCUT2D eigenvalue weighted by Crippen LogP contribution is 2.22. The van der Waals surface area contributed by atoms with E-state index in [0.29, 0.717) is 11.3 Å². The molecule has 0 amide bonds. The SMILES string of the molecule is Nc1ccc(C(=O)OC2CCCC2)cc1. The number of nitrogen functional groups attached to an aromatic ring is 1. The summed E-state index contributed by atoms with van der Waals surface area (Å²) in [6, 6.07) is 6.83. The lowest BCUT2D eigenvalue weighted by Gasteiger charge is -2.11. The number of esters is 1. The second kappa shape index (κ2) is 4.34. The van der Waals surface area contributed by atoms with Crippen molar-refractivity contribution in [2.45, 2.75) is 31.8 Å². The number of rotatable bonds is 2. The van der Waals surface area contributed by atoms with Crippen LogP contribution in [-0.4, -0.2) is 12.1 Å². The van der Waals surface area contributed by atoms with Crippen LogP contribution in [0.3, 0.4) is 0 Å². The van der Waals surface area contributed by atoms with Gasteiger partial charge in [-0.05, 0) is 49.9 Å². The molecule has 1 fully saturated rings. The number of ether oxygens (including phenoxy) is 1. The summed E-state index contributed by atoms with van der Waals surface area (Å²) in [6.45, 7) is 0. The van der Waals surface area contributed by atoms with E-state index in [1.807, 2.05) is 0 Å². The van der Waals surface area contributed by atoms with E-state index in [1.165, 1.54) is 12.8 Å². The van der Waals surface area contributed by atoms with Crippen LogP contribution >= 0.6 is 0 Å². The lowest BCUT2D eigenvalue weighted by atomic mass is 10.2. The first-order valence-electron chi connectivity index (χ1n) is 5.32. The van der Waals surface area contributed by atoms with Crippen LogP contribution in [0.15, 0.2) is 24.3 Å². The number of carbonyl (C=O) groups excluding carboxylic acids is 1. The number of benzene rings is 1. The number of nitrogens with two attached hydrogens (primary N) is 1. The number of hydrogen-bond acceptors (Lipinski definition) is 3. The van der Waals surface area contributed by atoms with Gasteiger partial charge in [0.1, 0.15) is 6.10 Å². The van der Waals surface area contributed by atoms with E-state index in [2.05, 4.69) is 0 Å². The van der Waals surface area contributed by atoms with Gasteiger partial charge in [-0.3, -0.25) is 0 Å². The molecule has 3 nitrogen and oxygen atoms in total. The quantitative estimate of drug-likeness (QED) is 0.595. The van der Waals surface area contributed by atoms with Crippen molar-refractivity contribution >= 4 is 11.7 Å². The molecule has 2 N–H and O–H groups in total. The molecule has 1 saturated carbocycles. The third-order valence-corrected chi connectivity index (χ3v) is 2.72. The second-order valence-corrected chi connectivity index (χ2v) is 3.93. The van der Waals surface area contributed by atoms with Gasteiger partial charge in [0.25, 0.3) is 0 Å². The molecule has 0 unspecified atom stereocenters. The van der Waals surface area contributed by atoms with Crippen molar-refractivity contribution in [2.24, 2.45) is 0 Å². The van der Waals surface area contributed by atoms with Gasteiger partial charge in [0.2, 0.25) is 0 Å². The molecule has 0 saturated heterocycles. The van der Waals surface area contributed by atoms with E-state index in [1.54, 1.807) is 24.3 Å². The van der Waals surface area contributed by atoms with E-state index < -0.39 is 0 Å². The van der Waals surface area contributed by atoms with Crippen LogP contribution < -0.4 is 5.73 Å². The zero-order chi connectivity index (χ0) is 10.7. The zero-order valence-corrected chi connectivity index (χ0v) is 8.61. The van der Waals surface area contributed by atoms with Crippen molar-refractivity contribution in [3.63, 3.8) is 0 Å². The Balaban J connectivity index is 1.98. The Hall–Kier alpha value is -1.51. The van der Waals surface area contributed by atoms with Crippen molar-refractivity contribution in [3.05, 3.63) is 29.8 Å². The molecule has 0 aliphatic heterocycles. The van der Waals surface area contributed by atoms with Crippen LogP contribution in [0.2, 0.25) is 0 Å². The zero-order valence-electron chi connectivity index (χ0n) is 8.61. The maximum Gasteiger partial charge on any atom is 0.338 e. The fraction of sp³-hybridized carbons (Fsp3) is 0.417. The van der Waals surface area contributed by atoms with E-state index >= 15 is 0 Å². The summed E-state index contributed by atoms with van der Waals surface area (Å²) < 4.78 is 5.36. The minimum absolute atomic E-state index is 0.120. The van der Waals surface area contributed by atoms with Gasteiger partial charge in [-0.1, -0.05) is 0 Å². The first kappa shape index (κ1) is 10.0. The average Bonchev–Trinajstić information content (AvgIpc) is 2.71. The molecule has 0 atom stereocenters. The molecule has 2 rings (SSSR count). The van der Waals surface area contributed by atoms with Gasteiger partial charge in [0.15, 0.2) is 0 Å². The highest BCUT2D eigenvalue weighted by Gasteiger charge is 2.19. The summed E-state index contributed by atoms with van der Waals surface area (Å²) in [6.07, 6.45) is 4.45. The van der Waals surface area contributed by atoms with Crippen LogP contribution in [-0.2, 0) is 4.74 Å². The van der Waals surface area contributed by atoms with Crippen molar-refractivity contribution in [1.82, 2.24) is 0 Å². The largest absolute Gasteiger partial charge is 0.459 e. The van der Waals surface area contributed by atoms with Gasteiger partial charge in [0.05, 0.1) is 5.56 Å². The van der Waals surface area contributed by atoms with Crippen LogP contribution in [0.5, 0.6) is 0 Å². The number of hydrogen-bond donors (Lipinski definition) is 1. The highest BCUT2D eigenvalue weighted by atomic mass is 16.5. The molecule has 0 spiro atoms.